The zero-order valence-electron chi connectivity index (χ0n) is 15.7. The van der Waals surface area contributed by atoms with Gasteiger partial charge in [0.25, 0.3) is 0 Å². The van der Waals surface area contributed by atoms with Gasteiger partial charge in [0.1, 0.15) is 0 Å². The van der Waals surface area contributed by atoms with Crippen LogP contribution in [0.25, 0.3) is 11.5 Å². The minimum atomic E-state index is -4.49. The van der Waals surface area contributed by atoms with Gasteiger partial charge in [0.05, 0.1) is 5.56 Å². The Balaban J connectivity index is 2.07. The standard InChI is InChI=1S/C22H16ClF3N2OS/c1-14-5-4-10-28(13-14)19(20(29)15-6-2-8-17(23)11-15)21(30)27-18-9-3-7-16(12-18)22(24,25)26/h2-13H,1H3,(H-,27,29,30). The van der Waals surface area contributed by atoms with Crippen LogP contribution in [-0.2, 0) is 6.18 Å². The van der Waals surface area contributed by atoms with Crippen molar-refractivity contribution in [1.29, 1.82) is 0 Å². The molecule has 0 aliphatic rings. The Labute approximate surface area is 182 Å². The average molecular weight is 449 g/mol. The summed E-state index contributed by atoms with van der Waals surface area (Å²) in [4.78, 5) is -0.0186. The number of anilines is 1. The first-order valence-corrected chi connectivity index (χ1v) is 9.58. The third-order valence-corrected chi connectivity index (χ3v) is 4.70. The van der Waals surface area contributed by atoms with Crippen LogP contribution in [0.1, 0.15) is 16.7 Å². The summed E-state index contributed by atoms with van der Waals surface area (Å²) >= 11 is 11.4. The largest absolute Gasteiger partial charge is 0.867 e. The second-order valence-electron chi connectivity index (χ2n) is 6.51. The summed E-state index contributed by atoms with van der Waals surface area (Å²) in [6.07, 6.45) is -1.14. The minimum Gasteiger partial charge on any atom is -0.867 e. The van der Waals surface area contributed by atoms with Gasteiger partial charge in [0.15, 0.2) is 17.4 Å². The molecule has 0 fully saturated rings. The molecule has 2 aromatic carbocycles. The van der Waals surface area contributed by atoms with E-state index in [0.29, 0.717) is 10.6 Å². The van der Waals surface area contributed by atoms with Gasteiger partial charge in [0.2, 0.25) is 5.70 Å². The van der Waals surface area contributed by atoms with E-state index < -0.39 is 17.5 Å². The molecule has 0 radical (unpaired) electrons. The van der Waals surface area contributed by atoms with E-state index in [1.54, 1.807) is 41.2 Å². The Bertz CT molecular complexity index is 1130. The SMILES string of the molecule is Cc1ccc[n+](C(C(=S)Nc2cccc(C(F)(F)F)c2)=C([O-])c2cccc(Cl)c2)c1. The molecule has 0 saturated carbocycles. The molecule has 0 bridgehead atoms. The molecule has 0 atom stereocenters. The van der Waals surface area contributed by atoms with Gasteiger partial charge in [-0.15, -0.1) is 0 Å². The Kier molecular flexibility index (Phi) is 6.43. The smallest absolute Gasteiger partial charge is 0.416 e. The Morgan fingerprint density at radius 1 is 1.07 bits per heavy atom. The number of aryl methyl sites for hydroxylation is 1. The fraction of sp³-hybridized carbons (Fsp3) is 0.0909. The number of alkyl halides is 3. The second kappa shape index (κ2) is 8.85. The lowest BCUT2D eigenvalue weighted by molar-refractivity contribution is -0.578. The predicted octanol–water partition coefficient (Wildman–Crippen LogP) is 5.08. The van der Waals surface area contributed by atoms with Crippen LogP contribution in [0.2, 0.25) is 5.02 Å². The van der Waals surface area contributed by atoms with Crippen LogP contribution in [0, 0.1) is 6.92 Å². The molecule has 0 spiro atoms. The molecule has 0 saturated heterocycles. The topological polar surface area (TPSA) is 39.0 Å². The fourth-order valence-corrected chi connectivity index (χ4v) is 3.31. The number of nitrogens with one attached hydrogen (secondary N) is 1. The monoisotopic (exact) mass is 448 g/mol. The van der Waals surface area contributed by atoms with Gasteiger partial charge in [-0.05, 0) is 54.6 Å². The lowest BCUT2D eigenvalue weighted by Crippen LogP contribution is -2.40. The van der Waals surface area contributed by atoms with Gasteiger partial charge >= 0.3 is 6.18 Å². The van der Waals surface area contributed by atoms with Crippen molar-refractivity contribution in [1.82, 2.24) is 0 Å². The molecule has 3 nitrogen and oxygen atoms in total. The van der Waals surface area contributed by atoms with E-state index in [4.69, 9.17) is 23.8 Å². The highest BCUT2D eigenvalue weighted by Crippen LogP contribution is 2.31. The Hall–Kier alpha value is -2.90. The molecule has 8 heteroatoms. The molecule has 3 rings (SSSR count). The van der Waals surface area contributed by atoms with E-state index in [2.05, 4.69) is 5.32 Å². The molecule has 30 heavy (non-hydrogen) atoms. The summed E-state index contributed by atoms with van der Waals surface area (Å²) < 4.78 is 40.6. The molecular weight excluding hydrogens is 433 g/mol. The molecule has 1 N–H and O–H groups in total. The Morgan fingerprint density at radius 3 is 2.47 bits per heavy atom. The van der Waals surface area contributed by atoms with Crippen molar-refractivity contribution in [3.63, 3.8) is 0 Å². The van der Waals surface area contributed by atoms with Gasteiger partial charge in [-0.3, -0.25) is 0 Å². The third-order valence-electron chi connectivity index (χ3n) is 4.17. The van der Waals surface area contributed by atoms with Crippen LogP contribution in [0.5, 0.6) is 0 Å². The second-order valence-corrected chi connectivity index (χ2v) is 7.35. The van der Waals surface area contributed by atoms with Crippen LogP contribution in [0.3, 0.4) is 0 Å². The van der Waals surface area contributed by atoms with E-state index in [1.807, 2.05) is 13.0 Å². The van der Waals surface area contributed by atoms with Crippen molar-refractivity contribution in [3.8, 4) is 0 Å². The fourth-order valence-electron chi connectivity index (χ4n) is 2.80. The Morgan fingerprint density at radius 2 is 1.80 bits per heavy atom. The van der Waals surface area contributed by atoms with Crippen molar-refractivity contribution in [3.05, 3.63) is 94.8 Å². The molecule has 154 valence electrons. The molecule has 0 aliphatic heterocycles. The highest BCUT2D eigenvalue weighted by Gasteiger charge is 2.30. The maximum Gasteiger partial charge on any atom is 0.416 e. The number of halogens is 4. The van der Waals surface area contributed by atoms with E-state index in [0.717, 1.165) is 17.7 Å². The summed E-state index contributed by atoms with van der Waals surface area (Å²) in [6, 6.07) is 14.6. The number of benzene rings is 2. The van der Waals surface area contributed by atoms with Crippen molar-refractivity contribution < 1.29 is 22.8 Å². The van der Waals surface area contributed by atoms with E-state index in [1.165, 1.54) is 18.2 Å². The maximum atomic E-state index is 13.2. The normalized spacial score (nSPS) is 12.3. The molecular formula is C22H16ClF3N2OS. The number of hydrogen-bond acceptors (Lipinski definition) is 2. The first kappa shape index (κ1) is 21.8. The van der Waals surface area contributed by atoms with Gasteiger partial charge in [0, 0.05) is 22.3 Å². The number of nitrogens with zero attached hydrogens (tertiary/aromatic N) is 1. The highest BCUT2D eigenvalue weighted by molar-refractivity contribution is 7.81. The zero-order chi connectivity index (χ0) is 21.9. The van der Waals surface area contributed by atoms with Crippen LogP contribution >= 0.6 is 23.8 Å². The van der Waals surface area contributed by atoms with Crippen LogP contribution in [0.15, 0.2) is 73.1 Å². The number of pyridine rings is 1. The lowest BCUT2D eigenvalue weighted by Gasteiger charge is -2.17. The van der Waals surface area contributed by atoms with Gasteiger partial charge in [-0.25, -0.2) is 0 Å². The first-order valence-electron chi connectivity index (χ1n) is 8.79. The molecule has 0 amide bonds. The van der Waals surface area contributed by atoms with E-state index in [9.17, 15) is 18.3 Å². The van der Waals surface area contributed by atoms with Crippen molar-refractivity contribution in [2.75, 3.05) is 5.32 Å². The summed E-state index contributed by atoms with van der Waals surface area (Å²) in [5.41, 5.74) is 0.574. The molecule has 1 aromatic heterocycles. The van der Waals surface area contributed by atoms with Crippen LogP contribution < -0.4 is 15.0 Å². The zero-order valence-corrected chi connectivity index (χ0v) is 17.3. The summed E-state index contributed by atoms with van der Waals surface area (Å²) in [5, 5.41) is 16.4. The number of hydrogen-bond donors (Lipinski definition) is 1. The third kappa shape index (κ3) is 5.17. The van der Waals surface area contributed by atoms with E-state index >= 15 is 0 Å². The maximum absolute atomic E-state index is 13.2. The summed E-state index contributed by atoms with van der Waals surface area (Å²) in [5.74, 6) is -0.419. The van der Waals surface area contributed by atoms with E-state index in [-0.39, 0.29) is 16.4 Å². The molecule has 0 unspecified atom stereocenters. The number of rotatable bonds is 4. The molecule has 3 aromatic rings. The van der Waals surface area contributed by atoms with Crippen molar-refractivity contribution >= 4 is 46.0 Å². The van der Waals surface area contributed by atoms with Gasteiger partial charge in [-0.2, -0.15) is 17.7 Å². The number of thiocarbonyl (C=S) groups is 1. The average Bonchev–Trinajstić information content (AvgIpc) is 2.68. The predicted molar refractivity (Wildman–Crippen MR) is 114 cm³/mol. The molecule has 1 heterocycles. The van der Waals surface area contributed by atoms with Crippen molar-refractivity contribution in [2.24, 2.45) is 0 Å². The molecule has 0 aliphatic carbocycles. The number of aromatic nitrogens is 1. The minimum absolute atomic E-state index is 0.0186. The quantitative estimate of drug-likeness (QED) is 0.262. The lowest BCUT2D eigenvalue weighted by atomic mass is 10.1. The van der Waals surface area contributed by atoms with Crippen LogP contribution in [-0.4, -0.2) is 4.99 Å². The van der Waals surface area contributed by atoms with Crippen molar-refractivity contribution in [2.45, 2.75) is 13.1 Å². The van der Waals surface area contributed by atoms with Gasteiger partial charge < -0.3 is 10.4 Å². The first-order chi connectivity index (χ1) is 14.1. The summed E-state index contributed by atoms with van der Waals surface area (Å²) in [7, 11) is 0. The van der Waals surface area contributed by atoms with Gasteiger partial charge in [-0.1, -0.05) is 42.0 Å². The summed E-state index contributed by atoms with van der Waals surface area (Å²) in [6.45, 7) is 1.85. The highest BCUT2D eigenvalue weighted by atomic mass is 35.5. The van der Waals surface area contributed by atoms with Crippen LogP contribution in [0.4, 0.5) is 18.9 Å².